The Balaban J connectivity index is 2.03. The molecular weight excluding hydrogens is 280 g/mol. The minimum absolute atomic E-state index is 0.324. The molecule has 1 aliphatic rings. The van der Waals surface area contributed by atoms with Crippen LogP contribution in [0.1, 0.15) is 31.8 Å². The quantitative estimate of drug-likeness (QED) is 0.799. The van der Waals surface area contributed by atoms with Crippen molar-refractivity contribution in [2.75, 3.05) is 14.2 Å². The van der Waals surface area contributed by atoms with Crippen LogP contribution in [0.2, 0.25) is 0 Å². The third-order valence-electron chi connectivity index (χ3n) is 4.01. The molecule has 0 fully saturated rings. The molecule has 0 saturated heterocycles. The molecule has 0 radical (unpaired) electrons. The second-order valence-electron chi connectivity index (χ2n) is 5.23. The fraction of sp³-hybridized carbons (Fsp3) is 0.222. The number of carbonyl (C=O) groups is 2. The molecule has 112 valence electrons. The number of ether oxygens (including phenoxy) is 2. The van der Waals surface area contributed by atoms with Gasteiger partial charge in [0.25, 0.3) is 0 Å². The third kappa shape index (κ3) is 2.37. The highest BCUT2D eigenvalue weighted by Gasteiger charge is 2.19. The van der Waals surface area contributed by atoms with Crippen molar-refractivity contribution in [2.24, 2.45) is 0 Å². The van der Waals surface area contributed by atoms with E-state index in [1.807, 2.05) is 24.3 Å². The average molecular weight is 296 g/mol. The van der Waals surface area contributed by atoms with E-state index in [0.717, 1.165) is 35.1 Å². The average Bonchev–Trinajstić information content (AvgIpc) is 2.59. The number of carbonyl (C=O) groups excluding carboxylic acids is 2. The monoisotopic (exact) mass is 296 g/mol. The third-order valence-corrected chi connectivity index (χ3v) is 4.01. The van der Waals surface area contributed by atoms with Gasteiger partial charge in [-0.3, -0.25) is 0 Å². The minimum atomic E-state index is -0.324. The second-order valence-corrected chi connectivity index (χ2v) is 5.23. The van der Waals surface area contributed by atoms with Crippen molar-refractivity contribution < 1.29 is 19.1 Å². The van der Waals surface area contributed by atoms with Crippen LogP contribution in [0.3, 0.4) is 0 Å². The molecule has 4 nitrogen and oxygen atoms in total. The second kappa shape index (κ2) is 5.64. The van der Waals surface area contributed by atoms with E-state index < -0.39 is 0 Å². The summed E-state index contributed by atoms with van der Waals surface area (Å²) in [6.45, 7) is 0. The number of methoxy groups -OCH3 is 2. The summed E-state index contributed by atoms with van der Waals surface area (Å²) in [7, 11) is 2.76. The van der Waals surface area contributed by atoms with Gasteiger partial charge in [-0.15, -0.1) is 0 Å². The smallest absolute Gasteiger partial charge is 0.337 e. The number of benzene rings is 2. The summed E-state index contributed by atoms with van der Waals surface area (Å²) < 4.78 is 9.52. The molecule has 2 aromatic carbocycles. The van der Waals surface area contributed by atoms with Crippen LogP contribution in [-0.2, 0) is 22.3 Å². The summed E-state index contributed by atoms with van der Waals surface area (Å²) in [5.74, 6) is -0.649. The zero-order chi connectivity index (χ0) is 15.7. The molecule has 4 heteroatoms. The van der Waals surface area contributed by atoms with E-state index in [-0.39, 0.29) is 11.9 Å². The van der Waals surface area contributed by atoms with Crippen LogP contribution < -0.4 is 0 Å². The minimum Gasteiger partial charge on any atom is -0.465 e. The van der Waals surface area contributed by atoms with Gasteiger partial charge in [-0.25, -0.2) is 9.59 Å². The molecule has 0 atom stereocenters. The van der Waals surface area contributed by atoms with Crippen LogP contribution in [0.15, 0.2) is 36.4 Å². The number of esters is 2. The number of fused-ring (bicyclic) bond motifs is 3. The maximum Gasteiger partial charge on any atom is 0.337 e. The number of rotatable bonds is 2. The van der Waals surface area contributed by atoms with E-state index in [2.05, 4.69) is 0 Å². The van der Waals surface area contributed by atoms with Gasteiger partial charge in [0.15, 0.2) is 0 Å². The van der Waals surface area contributed by atoms with Gasteiger partial charge < -0.3 is 9.47 Å². The molecule has 3 rings (SSSR count). The van der Waals surface area contributed by atoms with E-state index >= 15 is 0 Å². The molecular formula is C18H16O4. The molecule has 0 aromatic heterocycles. The largest absolute Gasteiger partial charge is 0.465 e. The Morgan fingerprint density at radius 2 is 1.18 bits per heavy atom. The lowest BCUT2D eigenvalue weighted by Gasteiger charge is -2.21. The van der Waals surface area contributed by atoms with Crippen LogP contribution in [0, 0.1) is 0 Å². The fourth-order valence-electron chi connectivity index (χ4n) is 2.89. The first-order chi connectivity index (χ1) is 10.6. The Morgan fingerprint density at radius 3 is 1.55 bits per heavy atom. The molecule has 22 heavy (non-hydrogen) atoms. The summed E-state index contributed by atoms with van der Waals surface area (Å²) >= 11 is 0. The van der Waals surface area contributed by atoms with Gasteiger partial charge in [0, 0.05) is 0 Å². The number of hydrogen-bond acceptors (Lipinski definition) is 4. The van der Waals surface area contributed by atoms with Crippen molar-refractivity contribution in [2.45, 2.75) is 12.8 Å². The predicted octanol–water partition coefficient (Wildman–Crippen LogP) is 3.03. The lowest BCUT2D eigenvalue weighted by Crippen LogP contribution is -2.09. The molecule has 1 aliphatic carbocycles. The molecule has 0 unspecified atom stereocenters. The highest BCUT2D eigenvalue weighted by molar-refractivity contribution is 5.92. The highest BCUT2D eigenvalue weighted by Crippen LogP contribution is 2.34. The molecule has 2 aromatic rings. The summed E-state index contributed by atoms with van der Waals surface area (Å²) in [5, 5.41) is 0. The van der Waals surface area contributed by atoms with Crippen molar-refractivity contribution in [3.63, 3.8) is 0 Å². The van der Waals surface area contributed by atoms with E-state index in [0.29, 0.717) is 11.1 Å². The summed E-state index contributed by atoms with van der Waals surface area (Å²) in [6.07, 6.45) is 1.66. The lowest BCUT2D eigenvalue weighted by atomic mass is 9.84. The van der Waals surface area contributed by atoms with Gasteiger partial charge in [0.1, 0.15) is 0 Å². The first kappa shape index (κ1) is 14.3. The fourth-order valence-corrected chi connectivity index (χ4v) is 2.89. The van der Waals surface area contributed by atoms with E-state index in [1.165, 1.54) is 14.2 Å². The Labute approximate surface area is 128 Å². The maximum absolute atomic E-state index is 11.6. The molecule has 0 bridgehead atoms. The number of aryl methyl sites for hydroxylation is 2. The Bertz CT molecular complexity index is 696. The Morgan fingerprint density at radius 1 is 0.773 bits per heavy atom. The van der Waals surface area contributed by atoms with Crippen molar-refractivity contribution >= 4 is 11.9 Å². The van der Waals surface area contributed by atoms with Crippen LogP contribution in [0.4, 0.5) is 0 Å². The SMILES string of the molecule is COC(=O)c1ccc2c(c1)CCc1cc(C(=O)OC)ccc1-2. The predicted molar refractivity (Wildman–Crippen MR) is 82.0 cm³/mol. The lowest BCUT2D eigenvalue weighted by molar-refractivity contribution is 0.0591. The molecule has 0 spiro atoms. The van der Waals surface area contributed by atoms with Crippen LogP contribution >= 0.6 is 0 Å². The number of hydrogen-bond donors (Lipinski definition) is 0. The summed E-state index contributed by atoms with van der Waals surface area (Å²) in [4.78, 5) is 23.2. The van der Waals surface area contributed by atoms with Crippen LogP contribution in [-0.4, -0.2) is 26.2 Å². The highest BCUT2D eigenvalue weighted by atomic mass is 16.5. The first-order valence-electron chi connectivity index (χ1n) is 7.07. The van der Waals surface area contributed by atoms with E-state index in [1.54, 1.807) is 12.1 Å². The Kier molecular flexibility index (Phi) is 3.67. The van der Waals surface area contributed by atoms with Gasteiger partial charge in [-0.05, 0) is 59.4 Å². The normalized spacial score (nSPS) is 12.1. The topological polar surface area (TPSA) is 52.6 Å². The molecule has 0 N–H and O–H groups in total. The Hall–Kier alpha value is -2.62. The van der Waals surface area contributed by atoms with Gasteiger partial charge >= 0.3 is 11.9 Å². The molecule has 0 saturated carbocycles. The van der Waals surface area contributed by atoms with Crippen LogP contribution in [0.5, 0.6) is 0 Å². The van der Waals surface area contributed by atoms with Crippen molar-refractivity contribution in [1.82, 2.24) is 0 Å². The first-order valence-corrected chi connectivity index (χ1v) is 7.07. The zero-order valence-corrected chi connectivity index (χ0v) is 12.5. The van der Waals surface area contributed by atoms with Gasteiger partial charge in [-0.1, -0.05) is 12.1 Å². The molecule has 0 heterocycles. The summed E-state index contributed by atoms with van der Waals surface area (Å²) in [6, 6.07) is 11.2. The van der Waals surface area contributed by atoms with Gasteiger partial charge in [0.05, 0.1) is 25.3 Å². The van der Waals surface area contributed by atoms with E-state index in [4.69, 9.17) is 9.47 Å². The van der Waals surface area contributed by atoms with Gasteiger partial charge in [-0.2, -0.15) is 0 Å². The maximum atomic E-state index is 11.6. The standard InChI is InChI=1S/C18H16O4/c1-21-17(19)13-5-7-15-11(9-13)3-4-12-10-14(18(20)22-2)6-8-16(12)15/h5-10H,3-4H2,1-2H3. The van der Waals surface area contributed by atoms with Crippen LogP contribution in [0.25, 0.3) is 11.1 Å². The van der Waals surface area contributed by atoms with Crippen molar-refractivity contribution in [3.8, 4) is 11.1 Å². The van der Waals surface area contributed by atoms with Gasteiger partial charge in [0.2, 0.25) is 0 Å². The summed E-state index contributed by atoms with van der Waals surface area (Å²) in [5.41, 5.74) is 5.59. The van der Waals surface area contributed by atoms with Crippen molar-refractivity contribution in [1.29, 1.82) is 0 Å². The molecule has 0 amide bonds. The van der Waals surface area contributed by atoms with E-state index in [9.17, 15) is 9.59 Å². The van der Waals surface area contributed by atoms with Crippen molar-refractivity contribution in [3.05, 3.63) is 58.7 Å². The zero-order valence-electron chi connectivity index (χ0n) is 12.5. The molecule has 0 aliphatic heterocycles.